The maximum Gasteiger partial charge on any atom is 0.321 e. The van der Waals surface area contributed by atoms with Crippen LogP contribution in [-0.4, -0.2) is 49.3 Å². The summed E-state index contributed by atoms with van der Waals surface area (Å²) in [6.07, 6.45) is 0.475. The van der Waals surface area contributed by atoms with Gasteiger partial charge in [-0.3, -0.25) is 4.79 Å². The maximum absolute atomic E-state index is 12.1. The van der Waals surface area contributed by atoms with Crippen LogP contribution in [0.5, 0.6) is 11.5 Å². The lowest BCUT2D eigenvalue weighted by molar-refractivity contribution is -0.141. The zero-order valence-corrected chi connectivity index (χ0v) is 12.0. The van der Waals surface area contributed by atoms with E-state index in [2.05, 4.69) is 5.32 Å². The smallest absolute Gasteiger partial charge is 0.321 e. The molecule has 1 heterocycles. The summed E-state index contributed by atoms with van der Waals surface area (Å²) < 4.78 is 10.3. The Morgan fingerprint density at radius 2 is 2.10 bits per heavy atom. The Hall–Kier alpha value is -2.44. The molecule has 0 saturated carbocycles. The highest BCUT2D eigenvalue weighted by Crippen LogP contribution is 2.29. The number of benzene rings is 1. The van der Waals surface area contributed by atoms with Crippen molar-refractivity contribution < 1.29 is 24.2 Å². The molecule has 7 heteroatoms. The first kappa shape index (κ1) is 15.0. The number of methoxy groups -OCH3 is 2. The lowest BCUT2D eigenvalue weighted by atomic mass is 10.1. The minimum absolute atomic E-state index is 0.222. The average Bonchev–Trinajstić information content (AvgIpc) is 2.97. The van der Waals surface area contributed by atoms with Gasteiger partial charge in [0.25, 0.3) is 0 Å². The van der Waals surface area contributed by atoms with Gasteiger partial charge in [-0.25, -0.2) is 4.79 Å². The van der Waals surface area contributed by atoms with Gasteiger partial charge in [-0.15, -0.1) is 0 Å². The van der Waals surface area contributed by atoms with Crippen LogP contribution < -0.4 is 14.8 Å². The van der Waals surface area contributed by atoms with Crippen molar-refractivity contribution in [2.24, 2.45) is 5.92 Å². The summed E-state index contributed by atoms with van der Waals surface area (Å²) in [5, 5.41) is 11.7. The van der Waals surface area contributed by atoms with E-state index in [-0.39, 0.29) is 12.6 Å². The fourth-order valence-corrected chi connectivity index (χ4v) is 2.24. The van der Waals surface area contributed by atoms with Crippen molar-refractivity contribution in [3.8, 4) is 11.5 Å². The fourth-order valence-electron chi connectivity index (χ4n) is 2.24. The van der Waals surface area contributed by atoms with Gasteiger partial charge < -0.3 is 24.8 Å². The van der Waals surface area contributed by atoms with E-state index in [4.69, 9.17) is 14.6 Å². The number of hydrogen-bond acceptors (Lipinski definition) is 4. The van der Waals surface area contributed by atoms with Crippen molar-refractivity contribution in [2.75, 3.05) is 32.6 Å². The summed E-state index contributed by atoms with van der Waals surface area (Å²) in [6.45, 7) is 0.654. The summed E-state index contributed by atoms with van der Waals surface area (Å²) in [7, 11) is 3.05. The number of aliphatic carboxylic acids is 1. The van der Waals surface area contributed by atoms with E-state index in [1.807, 2.05) is 0 Å². The van der Waals surface area contributed by atoms with Crippen molar-refractivity contribution >= 4 is 17.7 Å². The predicted molar refractivity (Wildman–Crippen MR) is 75.9 cm³/mol. The Kier molecular flexibility index (Phi) is 4.52. The zero-order chi connectivity index (χ0) is 15.4. The number of rotatable bonds is 4. The molecule has 2 amide bonds. The van der Waals surface area contributed by atoms with E-state index < -0.39 is 11.9 Å². The molecule has 0 aliphatic carbocycles. The summed E-state index contributed by atoms with van der Waals surface area (Å²) in [5.41, 5.74) is 0.516. The molecule has 2 N–H and O–H groups in total. The molecule has 7 nitrogen and oxygen atoms in total. The average molecular weight is 294 g/mol. The van der Waals surface area contributed by atoms with Crippen LogP contribution in [0.4, 0.5) is 10.5 Å². The monoisotopic (exact) mass is 294 g/mol. The normalized spacial score (nSPS) is 17.4. The molecular weight excluding hydrogens is 276 g/mol. The minimum Gasteiger partial charge on any atom is -0.497 e. The fraction of sp³-hybridized carbons (Fsp3) is 0.429. The molecule has 1 unspecified atom stereocenters. The van der Waals surface area contributed by atoms with Crippen LogP contribution in [-0.2, 0) is 4.79 Å². The van der Waals surface area contributed by atoms with Crippen LogP contribution in [0, 0.1) is 5.92 Å². The van der Waals surface area contributed by atoms with Gasteiger partial charge in [-0.2, -0.15) is 0 Å². The number of carboxylic acids is 1. The molecule has 0 bridgehead atoms. The highest BCUT2D eigenvalue weighted by Gasteiger charge is 2.31. The first-order valence-corrected chi connectivity index (χ1v) is 6.56. The minimum atomic E-state index is -0.868. The number of nitrogens with one attached hydrogen (secondary N) is 1. The number of hydrogen-bond donors (Lipinski definition) is 2. The quantitative estimate of drug-likeness (QED) is 0.881. The second-order valence-electron chi connectivity index (χ2n) is 4.77. The predicted octanol–water partition coefficient (Wildman–Crippen LogP) is 1.64. The SMILES string of the molecule is COc1ccc(NC(=O)N2CCC(C(=O)O)C2)c(OC)c1. The topological polar surface area (TPSA) is 88.1 Å². The lowest BCUT2D eigenvalue weighted by Crippen LogP contribution is -2.33. The van der Waals surface area contributed by atoms with Gasteiger partial charge in [0.2, 0.25) is 0 Å². The number of likely N-dealkylation sites (tertiary alicyclic amines) is 1. The number of carbonyl (C=O) groups excluding carboxylic acids is 1. The molecule has 1 aliphatic rings. The van der Waals surface area contributed by atoms with Crippen LogP contribution in [0.3, 0.4) is 0 Å². The second kappa shape index (κ2) is 6.34. The number of nitrogens with zero attached hydrogens (tertiary/aromatic N) is 1. The number of anilines is 1. The maximum atomic E-state index is 12.1. The first-order valence-electron chi connectivity index (χ1n) is 6.56. The molecule has 1 aromatic carbocycles. The van der Waals surface area contributed by atoms with Gasteiger partial charge in [-0.05, 0) is 18.6 Å². The van der Waals surface area contributed by atoms with Gasteiger partial charge >= 0.3 is 12.0 Å². The Labute approximate surface area is 122 Å². The van der Waals surface area contributed by atoms with Crippen molar-refractivity contribution in [2.45, 2.75) is 6.42 Å². The van der Waals surface area contributed by atoms with E-state index in [0.29, 0.717) is 30.2 Å². The van der Waals surface area contributed by atoms with Crippen molar-refractivity contribution in [1.82, 2.24) is 4.90 Å². The van der Waals surface area contributed by atoms with Gasteiger partial charge in [-0.1, -0.05) is 0 Å². The van der Waals surface area contributed by atoms with Crippen LogP contribution in [0.15, 0.2) is 18.2 Å². The molecule has 21 heavy (non-hydrogen) atoms. The third-order valence-corrected chi connectivity index (χ3v) is 3.48. The summed E-state index contributed by atoms with van der Waals surface area (Å²) in [6, 6.07) is 4.73. The molecule has 1 aliphatic heterocycles. The largest absolute Gasteiger partial charge is 0.497 e. The Balaban J connectivity index is 2.05. The van der Waals surface area contributed by atoms with E-state index in [9.17, 15) is 9.59 Å². The third-order valence-electron chi connectivity index (χ3n) is 3.48. The number of amides is 2. The molecule has 0 aromatic heterocycles. The number of urea groups is 1. The molecule has 1 saturated heterocycles. The molecule has 2 rings (SSSR count). The van der Waals surface area contributed by atoms with Crippen LogP contribution in [0.25, 0.3) is 0 Å². The van der Waals surface area contributed by atoms with Crippen LogP contribution >= 0.6 is 0 Å². The molecule has 0 spiro atoms. The van der Waals surface area contributed by atoms with Crippen LogP contribution in [0.2, 0.25) is 0 Å². The molecular formula is C14H18N2O5. The van der Waals surface area contributed by atoms with E-state index in [1.165, 1.54) is 12.0 Å². The lowest BCUT2D eigenvalue weighted by Gasteiger charge is -2.18. The van der Waals surface area contributed by atoms with Crippen LogP contribution in [0.1, 0.15) is 6.42 Å². The third kappa shape index (κ3) is 3.36. The highest BCUT2D eigenvalue weighted by atomic mass is 16.5. The number of ether oxygens (including phenoxy) is 2. The second-order valence-corrected chi connectivity index (χ2v) is 4.77. The van der Waals surface area contributed by atoms with Gasteiger partial charge in [0, 0.05) is 19.2 Å². The Morgan fingerprint density at radius 3 is 2.67 bits per heavy atom. The molecule has 1 fully saturated rings. The number of carboxylic acid groups (broad SMARTS) is 1. The standard InChI is InChI=1S/C14H18N2O5/c1-20-10-3-4-11(12(7-10)21-2)15-14(19)16-6-5-9(8-16)13(17)18/h3-4,7,9H,5-6,8H2,1-2H3,(H,15,19)(H,17,18). The van der Waals surface area contributed by atoms with Gasteiger partial charge in [0.15, 0.2) is 0 Å². The molecule has 1 aromatic rings. The molecule has 114 valence electrons. The highest BCUT2D eigenvalue weighted by molar-refractivity contribution is 5.91. The van der Waals surface area contributed by atoms with E-state index >= 15 is 0 Å². The summed E-state index contributed by atoms with van der Waals surface area (Å²) in [5.74, 6) is -0.255. The summed E-state index contributed by atoms with van der Waals surface area (Å²) >= 11 is 0. The Bertz CT molecular complexity index is 546. The van der Waals surface area contributed by atoms with E-state index in [0.717, 1.165) is 0 Å². The van der Waals surface area contributed by atoms with Gasteiger partial charge in [0.1, 0.15) is 11.5 Å². The van der Waals surface area contributed by atoms with Crippen molar-refractivity contribution in [3.05, 3.63) is 18.2 Å². The zero-order valence-electron chi connectivity index (χ0n) is 12.0. The Morgan fingerprint density at radius 1 is 1.33 bits per heavy atom. The molecule has 1 atom stereocenters. The van der Waals surface area contributed by atoms with Gasteiger partial charge in [0.05, 0.1) is 25.8 Å². The summed E-state index contributed by atoms with van der Waals surface area (Å²) in [4.78, 5) is 24.5. The van der Waals surface area contributed by atoms with E-state index in [1.54, 1.807) is 25.3 Å². The molecule has 0 radical (unpaired) electrons. The van der Waals surface area contributed by atoms with Crippen molar-refractivity contribution in [1.29, 1.82) is 0 Å². The number of carbonyl (C=O) groups is 2. The first-order chi connectivity index (χ1) is 10.0. The van der Waals surface area contributed by atoms with Crippen molar-refractivity contribution in [3.63, 3.8) is 0 Å².